The van der Waals surface area contributed by atoms with Crippen molar-refractivity contribution in [2.75, 3.05) is 5.32 Å². The minimum absolute atomic E-state index is 0.100. The second-order valence-electron chi connectivity index (χ2n) is 10.7. The van der Waals surface area contributed by atoms with E-state index in [0.717, 1.165) is 11.1 Å². The summed E-state index contributed by atoms with van der Waals surface area (Å²) in [4.78, 5) is 16.7. The lowest BCUT2D eigenvalue weighted by Crippen LogP contribution is -2.22. The summed E-state index contributed by atoms with van der Waals surface area (Å²) in [6, 6.07) is 9.80. The maximum atomic E-state index is 14.7. The normalized spacial score (nSPS) is 15.3. The number of amides is 1. The number of ether oxygens (including phenoxy) is 1. The molecule has 0 radical (unpaired) electrons. The van der Waals surface area contributed by atoms with Gasteiger partial charge in [-0.2, -0.15) is 5.10 Å². The summed E-state index contributed by atoms with van der Waals surface area (Å²) in [6.45, 7) is 7.98. The van der Waals surface area contributed by atoms with E-state index in [0.29, 0.717) is 40.9 Å². The van der Waals surface area contributed by atoms with Gasteiger partial charge in [0, 0.05) is 29.1 Å². The average molecular weight is 536 g/mol. The molecule has 1 aliphatic carbocycles. The standard InChI is InChI=1S/C28H30FN5O3S/c1-17-11-18(12-27(35)33-19-15-32-34(16-19)28(2,3)4)5-8-24(17)37-25-9-10-31-23-14-22(29)26(13-21(23)25)38(30,36)20-6-7-20/h5,8-11,13-16,20,30H,6-7,12H2,1-4H3,(H,33,35). The van der Waals surface area contributed by atoms with E-state index < -0.39 is 15.5 Å². The van der Waals surface area contributed by atoms with Crippen LogP contribution in [0.5, 0.6) is 11.5 Å². The van der Waals surface area contributed by atoms with Crippen LogP contribution in [0, 0.1) is 17.5 Å². The molecule has 198 valence electrons. The van der Waals surface area contributed by atoms with E-state index in [1.165, 1.54) is 18.3 Å². The number of hydrogen-bond acceptors (Lipinski definition) is 6. The van der Waals surface area contributed by atoms with Gasteiger partial charge in [0.25, 0.3) is 0 Å². The highest BCUT2D eigenvalue weighted by atomic mass is 32.2. The summed E-state index contributed by atoms with van der Waals surface area (Å²) in [7, 11) is -3.23. The first-order valence-electron chi connectivity index (χ1n) is 12.4. The fourth-order valence-corrected chi connectivity index (χ4v) is 6.02. The first kappa shape index (κ1) is 25.8. The fraction of sp³-hybridized carbons (Fsp3) is 0.321. The molecule has 2 heterocycles. The van der Waals surface area contributed by atoms with Gasteiger partial charge in [0.2, 0.25) is 5.91 Å². The molecular weight excluding hydrogens is 505 g/mol. The predicted molar refractivity (Wildman–Crippen MR) is 145 cm³/mol. The van der Waals surface area contributed by atoms with Gasteiger partial charge in [-0.05, 0) is 69.9 Å². The zero-order valence-electron chi connectivity index (χ0n) is 21.7. The van der Waals surface area contributed by atoms with E-state index in [9.17, 15) is 13.4 Å². The lowest BCUT2D eigenvalue weighted by molar-refractivity contribution is -0.115. The molecular formula is C28H30FN5O3S. The van der Waals surface area contributed by atoms with Crippen LogP contribution in [0.15, 0.2) is 59.9 Å². The van der Waals surface area contributed by atoms with Gasteiger partial charge in [-0.15, -0.1) is 0 Å². The highest BCUT2D eigenvalue weighted by Crippen LogP contribution is 2.38. The van der Waals surface area contributed by atoms with Crippen LogP contribution in [0.4, 0.5) is 10.1 Å². The molecule has 4 aromatic rings. The molecule has 38 heavy (non-hydrogen) atoms. The Labute approximate surface area is 221 Å². The minimum atomic E-state index is -3.23. The van der Waals surface area contributed by atoms with Gasteiger partial charge in [-0.25, -0.2) is 13.4 Å². The predicted octanol–water partition coefficient (Wildman–Crippen LogP) is 6.18. The molecule has 2 aromatic heterocycles. The van der Waals surface area contributed by atoms with Crippen LogP contribution in [0.2, 0.25) is 0 Å². The molecule has 8 nitrogen and oxygen atoms in total. The molecule has 2 aromatic carbocycles. The van der Waals surface area contributed by atoms with Gasteiger partial charge >= 0.3 is 0 Å². The number of anilines is 1. The molecule has 0 aliphatic heterocycles. The molecule has 1 aliphatic rings. The summed E-state index contributed by atoms with van der Waals surface area (Å²) in [5.74, 6) is 0.147. The number of benzene rings is 2. The number of fused-ring (bicyclic) bond motifs is 1. The number of aryl methyl sites for hydroxylation is 1. The van der Waals surface area contributed by atoms with Crippen molar-refractivity contribution in [3.05, 3.63) is 71.9 Å². The monoisotopic (exact) mass is 535 g/mol. The molecule has 10 heteroatoms. The Kier molecular flexibility index (Phi) is 6.46. The van der Waals surface area contributed by atoms with Crippen LogP contribution in [-0.4, -0.2) is 30.1 Å². The summed E-state index contributed by atoms with van der Waals surface area (Å²) < 4.78 is 44.0. The van der Waals surface area contributed by atoms with Crippen molar-refractivity contribution in [1.29, 1.82) is 4.78 Å². The maximum absolute atomic E-state index is 14.7. The lowest BCUT2D eigenvalue weighted by Gasteiger charge is -2.18. The third-order valence-corrected chi connectivity index (χ3v) is 8.83. The number of carbonyl (C=O) groups excluding carboxylic acids is 1. The number of rotatable bonds is 7. The van der Waals surface area contributed by atoms with Gasteiger partial charge in [-0.3, -0.25) is 14.5 Å². The van der Waals surface area contributed by atoms with Crippen LogP contribution in [0.1, 0.15) is 44.7 Å². The van der Waals surface area contributed by atoms with Crippen LogP contribution in [-0.2, 0) is 26.5 Å². The van der Waals surface area contributed by atoms with E-state index in [1.54, 1.807) is 29.2 Å². The van der Waals surface area contributed by atoms with Gasteiger partial charge < -0.3 is 10.1 Å². The number of carbonyl (C=O) groups is 1. The van der Waals surface area contributed by atoms with Gasteiger partial charge in [0.1, 0.15) is 17.3 Å². The van der Waals surface area contributed by atoms with Crippen molar-refractivity contribution in [3.8, 4) is 11.5 Å². The largest absolute Gasteiger partial charge is 0.456 e. The molecule has 0 saturated heterocycles. The van der Waals surface area contributed by atoms with Crippen LogP contribution < -0.4 is 10.1 Å². The quantitative estimate of drug-likeness (QED) is 0.294. The van der Waals surface area contributed by atoms with E-state index in [1.807, 2.05) is 39.8 Å². The number of nitrogens with zero attached hydrogens (tertiary/aromatic N) is 3. The molecule has 1 unspecified atom stereocenters. The number of aromatic nitrogens is 3. The SMILES string of the molecule is Cc1cc(CC(=O)Nc2cnn(C(C)(C)C)c2)ccc1Oc1ccnc2cc(F)c(S(=N)(=O)C3CC3)cc12. The number of hydrogen-bond donors (Lipinski definition) is 2. The third kappa shape index (κ3) is 5.26. The van der Waals surface area contributed by atoms with Crippen LogP contribution in [0.25, 0.3) is 10.9 Å². The molecule has 0 spiro atoms. The summed E-state index contributed by atoms with van der Waals surface area (Å²) >= 11 is 0. The average Bonchev–Trinajstić information content (AvgIpc) is 3.59. The Morgan fingerprint density at radius 3 is 2.63 bits per heavy atom. The lowest BCUT2D eigenvalue weighted by atomic mass is 10.1. The van der Waals surface area contributed by atoms with Crippen LogP contribution in [0.3, 0.4) is 0 Å². The van der Waals surface area contributed by atoms with Crippen molar-refractivity contribution in [2.24, 2.45) is 0 Å². The molecule has 0 bridgehead atoms. The topological polar surface area (TPSA) is 110 Å². The van der Waals surface area contributed by atoms with Gasteiger partial charge in [0.15, 0.2) is 0 Å². The van der Waals surface area contributed by atoms with Crippen molar-refractivity contribution in [3.63, 3.8) is 0 Å². The highest BCUT2D eigenvalue weighted by Gasteiger charge is 2.35. The van der Waals surface area contributed by atoms with Gasteiger partial charge in [0.05, 0.1) is 44.0 Å². The Bertz CT molecular complexity index is 1650. The van der Waals surface area contributed by atoms with E-state index in [2.05, 4.69) is 15.4 Å². The Morgan fingerprint density at radius 1 is 1.21 bits per heavy atom. The highest BCUT2D eigenvalue weighted by molar-refractivity contribution is 7.93. The second kappa shape index (κ2) is 9.50. The van der Waals surface area contributed by atoms with Gasteiger partial charge in [-0.1, -0.05) is 12.1 Å². The van der Waals surface area contributed by atoms with Crippen molar-refractivity contribution in [1.82, 2.24) is 14.8 Å². The van der Waals surface area contributed by atoms with Crippen molar-refractivity contribution in [2.45, 2.75) is 62.6 Å². The first-order chi connectivity index (χ1) is 17.9. The number of nitrogens with one attached hydrogen (secondary N) is 2. The van der Waals surface area contributed by atoms with E-state index in [4.69, 9.17) is 9.52 Å². The molecule has 1 saturated carbocycles. The zero-order valence-corrected chi connectivity index (χ0v) is 22.6. The Balaban J connectivity index is 1.34. The van der Waals surface area contributed by atoms with Crippen LogP contribution >= 0.6 is 0 Å². The van der Waals surface area contributed by atoms with E-state index >= 15 is 0 Å². The maximum Gasteiger partial charge on any atom is 0.228 e. The second-order valence-corrected chi connectivity index (χ2v) is 13.0. The molecule has 1 fully saturated rings. The summed E-state index contributed by atoms with van der Waals surface area (Å²) in [6.07, 6.45) is 6.47. The van der Waals surface area contributed by atoms with Crippen molar-refractivity contribution < 1.29 is 18.1 Å². The Morgan fingerprint density at radius 2 is 1.97 bits per heavy atom. The summed E-state index contributed by atoms with van der Waals surface area (Å²) in [5.41, 5.74) is 2.45. The molecule has 2 N–H and O–H groups in total. The van der Waals surface area contributed by atoms with E-state index in [-0.39, 0.29) is 28.0 Å². The van der Waals surface area contributed by atoms with Crippen molar-refractivity contribution >= 4 is 32.2 Å². The summed E-state index contributed by atoms with van der Waals surface area (Å²) in [5, 5.41) is 7.37. The Hall–Kier alpha value is -3.79. The number of pyridine rings is 1. The number of halogens is 1. The molecule has 5 rings (SSSR count). The minimum Gasteiger partial charge on any atom is -0.456 e. The molecule has 1 amide bonds. The smallest absolute Gasteiger partial charge is 0.228 e. The fourth-order valence-electron chi connectivity index (χ4n) is 4.22. The zero-order chi connectivity index (χ0) is 27.2. The third-order valence-electron chi connectivity index (χ3n) is 6.45. The molecule has 1 atom stereocenters. The first-order valence-corrected chi connectivity index (χ1v) is 14.0.